The third-order valence-electron chi connectivity index (χ3n) is 3.52. The molecular weight excluding hydrogens is 242 g/mol. The summed E-state index contributed by atoms with van der Waals surface area (Å²) >= 11 is 0. The first-order valence-electron chi connectivity index (χ1n) is 6.25. The fraction of sp³-hybridized carbons (Fsp3) is 0.308. The minimum atomic E-state index is -0.713. The van der Waals surface area contributed by atoms with E-state index in [0.29, 0.717) is 5.69 Å². The largest absolute Gasteiger partial charge is 0.323 e. The van der Waals surface area contributed by atoms with E-state index in [9.17, 15) is 4.79 Å². The molecule has 1 aromatic carbocycles. The molecule has 0 spiro atoms. The van der Waals surface area contributed by atoms with Crippen molar-refractivity contribution in [1.82, 2.24) is 15.0 Å². The lowest BCUT2D eigenvalue weighted by atomic mass is 9.77. The third-order valence-corrected chi connectivity index (χ3v) is 3.52. The van der Waals surface area contributed by atoms with Gasteiger partial charge in [0.2, 0.25) is 5.91 Å². The zero-order chi connectivity index (χ0) is 13.3. The quantitative estimate of drug-likeness (QED) is 0.861. The molecule has 0 radical (unpaired) electrons. The maximum Gasteiger partial charge on any atom is 0.244 e. The Kier molecular flexibility index (Phi) is 2.79. The molecule has 0 atom stereocenters. The summed E-state index contributed by atoms with van der Waals surface area (Å²) in [6, 6.07) is 7.44. The van der Waals surface area contributed by atoms with Gasteiger partial charge in [0, 0.05) is 0 Å². The number of anilines is 1. The van der Waals surface area contributed by atoms with E-state index in [1.807, 2.05) is 24.3 Å². The molecule has 6 nitrogen and oxygen atoms in total. The molecule has 1 saturated carbocycles. The van der Waals surface area contributed by atoms with Crippen LogP contribution in [0.5, 0.6) is 0 Å². The van der Waals surface area contributed by atoms with Crippen LogP contribution < -0.4 is 11.1 Å². The van der Waals surface area contributed by atoms with Crippen molar-refractivity contribution in [2.45, 2.75) is 24.8 Å². The maximum atomic E-state index is 12.2. The zero-order valence-electron chi connectivity index (χ0n) is 10.4. The van der Waals surface area contributed by atoms with Crippen LogP contribution in [0.15, 0.2) is 36.7 Å². The summed E-state index contributed by atoms with van der Waals surface area (Å²) < 4.78 is 1.61. The lowest BCUT2D eigenvalue weighted by Gasteiger charge is -2.36. The van der Waals surface area contributed by atoms with Crippen molar-refractivity contribution in [3.8, 4) is 5.69 Å². The molecule has 0 unspecified atom stereocenters. The molecule has 2 aromatic rings. The smallest absolute Gasteiger partial charge is 0.244 e. The predicted octanol–water partition coefficient (Wildman–Crippen LogP) is 1.09. The normalized spacial score (nSPS) is 16.7. The van der Waals surface area contributed by atoms with E-state index in [1.165, 1.54) is 0 Å². The van der Waals surface area contributed by atoms with Gasteiger partial charge in [0.05, 0.1) is 29.3 Å². The first kappa shape index (κ1) is 11.9. The minimum absolute atomic E-state index is 0.133. The highest BCUT2D eigenvalue weighted by molar-refractivity contribution is 5.99. The number of amides is 1. The van der Waals surface area contributed by atoms with Crippen molar-refractivity contribution in [2.24, 2.45) is 5.73 Å². The molecule has 98 valence electrons. The predicted molar refractivity (Wildman–Crippen MR) is 70.8 cm³/mol. The molecule has 1 heterocycles. The van der Waals surface area contributed by atoms with Gasteiger partial charge in [-0.3, -0.25) is 4.79 Å². The fourth-order valence-electron chi connectivity index (χ4n) is 2.15. The van der Waals surface area contributed by atoms with E-state index in [-0.39, 0.29) is 5.91 Å². The maximum absolute atomic E-state index is 12.2. The molecule has 19 heavy (non-hydrogen) atoms. The number of nitrogens with zero attached hydrogens (tertiary/aromatic N) is 3. The summed E-state index contributed by atoms with van der Waals surface area (Å²) in [7, 11) is 0. The molecule has 0 saturated heterocycles. The minimum Gasteiger partial charge on any atom is -0.323 e. The first-order chi connectivity index (χ1) is 9.19. The Labute approximate surface area is 110 Å². The van der Waals surface area contributed by atoms with Gasteiger partial charge in [-0.05, 0) is 31.4 Å². The topological polar surface area (TPSA) is 85.8 Å². The summed E-state index contributed by atoms with van der Waals surface area (Å²) in [6.45, 7) is 0. The highest BCUT2D eigenvalue weighted by Crippen LogP contribution is 2.31. The van der Waals surface area contributed by atoms with Crippen molar-refractivity contribution in [3.63, 3.8) is 0 Å². The number of para-hydroxylation sites is 2. The molecule has 3 N–H and O–H groups in total. The Balaban J connectivity index is 1.87. The Bertz CT molecular complexity index is 589. The molecule has 6 heteroatoms. The number of carbonyl (C=O) groups excluding carboxylic acids is 1. The average Bonchev–Trinajstić information content (AvgIpc) is 2.90. The van der Waals surface area contributed by atoms with Crippen molar-refractivity contribution in [2.75, 3.05) is 5.32 Å². The molecule has 1 fully saturated rings. The molecule has 1 amide bonds. The number of aromatic nitrogens is 3. The SMILES string of the molecule is NC1(C(=O)Nc2ccccc2-n2ccnn2)CCC1. The Morgan fingerprint density at radius 2 is 2.16 bits per heavy atom. The van der Waals surface area contributed by atoms with E-state index in [4.69, 9.17) is 5.73 Å². The van der Waals surface area contributed by atoms with Crippen molar-refractivity contribution in [3.05, 3.63) is 36.7 Å². The number of nitrogens with one attached hydrogen (secondary N) is 1. The molecule has 3 rings (SSSR count). The van der Waals surface area contributed by atoms with Gasteiger partial charge in [-0.1, -0.05) is 17.3 Å². The van der Waals surface area contributed by atoms with Crippen molar-refractivity contribution >= 4 is 11.6 Å². The highest BCUT2D eigenvalue weighted by Gasteiger charge is 2.40. The fourth-order valence-corrected chi connectivity index (χ4v) is 2.15. The second kappa shape index (κ2) is 4.47. The van der Waals surface area contributed by atoms with E-state index in [1.54, 1.807) is 17.1 Å². The average molecular weight is 257 g/mol. The van der Waals surface area contributed by atoms with Gasteiger partial charge >= 0.3 is 0 Å². The lowest BCUT2D eigenvalue weighted by Crippen LogP contribution is -2.56. The second-order valence-corrected chi connectivity index (χ2v) is 4.83. The summed E-state index contributed by atoms with van der Waals surface area (Å²) in [5, 5.41) is 10.6. The van der Waals surface area contributed by atoms with Crippen LogP contribution in [0.3, 0.4) is 0 Å². The number of hydrogen-bond acceptors (Lipinski definition) is 4. The molecule has 1 aromatic heterocycles. The van der Waals surface area contributed by atoms with E-state index in [0.717, 1.165) is 24.9 Å². The number of hydrogen-bond donors (Lipinski definition) is 2. The van der Waals surface area contributed by atoms with Gasteiger partial charge < -0.3 is 11.1 Å². The number of rotatable bonds is 3. The Hall–Kier alpha value is -2.21. The van der Waals surface area contributed by atoms with Gasteiger partial charge in [0.1, 0.15) is 0 Å². The number of carbonyl (C=O) groups is 1. The zero-order valence-corrected chi connectivity index (χ0v) is 10.4. The lowest BCUT2D eigenvalue weighted by molar-refractivity contribution is -0.123. The van der Waals surface area contributed by atoms with Gasteiger partial charge in [0.25, 0.3) is 0 Å². The number of nitrogens with two attached hydrogens (primary N) is 1. The summed E-state index contributed by atoms with van der Waals surface area (Å²) in [5.41, 5.74) is 6.77. The van der Waals surface area contributed by atoms with Gasteiger partial charge in [-0.15, -0.1) is 5.10 Å². The molecule has 0 aliphatic heterocycles. The molecule has 1 aliphatic carbocycles. The van der Waals surface area contributed by atoms with Crippen LogP contribution >= 0.6 is 0 Å². The summed E-state index contributed by atoms with van der Waals surface area (Å²) in [5.74, 6) is -0.133. The van der Waals surface area contributed by atoms with Gasteiger partial charge in [-0.25, -0.2) is 4.68 Å². The van der Waals surface area contributed by atoms with Crippen LogP contribution in [-0.4, -0.2) is 26.4 Å². The van der Waals surface area contributed by atoms with E-state index < -0.39 is 5.54 Å². The highest BCUT2D eigenvalue weighted by atomic mass is 16.2. The first-order valence-corrected chi connectivity index (χ1v) is 6.25. The Morgan fingerprint density at radius 3 is 2.79 bits per heavy atom. The standard InChI is InChI=1S/C13H15N5O/c14-13(6-3-7-13)12(19)16-10-4-1-2-5-11(10)18-9-8-15-17-18/h1-2,4-5,8-9H,3,6-7,14H2,(H,16,19). The summed E-state index contributed by atoms with van der Waals surface area (Å²) in [4.78, 5) is 12.2. The van der Waals surface area contributed by atoms with Crippen LogP contribution in [0.25, 0.3) is 5.69 Å². The van der Waals surface area contributed by atoms with Crippen LogP contribution in [0.4, 0.5) is 5.69 Å². The van der Waals surface area contributed by atoms with Crippen LogP contribution in [0.2, 0.25) is 0 Å². The van der Waals surface area contributed by atoms with Crippen molar-refractivity contribution < 1.29 is 4.79 Å². The van der Waals surface area contributed by atoms with Crippen LogP contribution in [0.1, 0.15) is 19.3 Å². The molecule has 0 bridgehead atoms. The van der Waals surface area contributed by atoms with Gasteiger partial charge in [-0.2, -0.15) is 0 Å². The summed E-state index contributed by atoms with van der Waals surface area (Å²) in [6.07, 6.45) is 5.81. The molecular formula is C13H15N5O. The van der Waals surface area contributed by atoms with Crippen LogP contribution in [-0.2, 0) is 4.79 Å². The monoisotopic (exact) mass is 257 g/mol. The molecule has 1 aliphatic rings. The van der Waals surface area contributed by atoms with E-state index >= 15 is 0 Å². The van der Waals surface area contributed by atoms with Crippen molar-refractivity contribution in [1.29, 1.82) is 0 Å². The third kappa shape index (κ3) is 2.10. The van der Waals surface area contributed by atoms with Gasteiger partial charge in [0.15, 0.2) is 0 Å². The second-order valence-electron chi connectivity index (χ2n) is 4.83. The van der Waals surface area contributed by atoms with E-state index in [2.05, 4.69) is 15.6 Å². The Morgan fingerprint density at radius 1 is 1.37 bits per heavy atom. The van der Waals surface area contributed by atoms with Crippen LogP contribution in [0, 0.1) is 0 Å². The number of benzene rings is 1.